The molecule has 0 unspecified atom stereocenters. The Kier molecular flexibility index (Phi) is 5.22. The average Bonchev–Trinajstić information content (AvgIpc) is 3.28. The molecule has 0 spiro atoms. The van der Waals surface area contributed by atoms with Crippen molar-refractivity contribution < 1.29 is 9.32 Å². The zero-order chi connectivity index (χ0) is 20.5. The zero-order valence-electron chi connectivity index (χ0n) is 16.1. The third kappa shape index (κ3) is 3.95. The number of thiophene rings is 1. The van der Waals surface area contributed by atoms with E-state index >= 15 is 0 Å². The van der Waals surface area contributed by atoms with Crippen molar-refractivity contribution >= 4 is 33.8 Å². The number of aryl methyl sites for hydroxylation is 2. The molecular weight excluding hydrogens is 406 g/mol. The molecule has 0 aliphatic heterocycles. The number of aromatic nitrogens is 2. The number of hydrogen-bond donors (Lipinski definition) is 1. The Labute approximate surface area is 177 Å². The lowest BCUT2D eigenvalue weighted by atomic mass is 10.1. The van der Waals surface area contributed by atoms with Gasteiger partial charge >= 0.3 is 0 Å². The van der Waals surface area contributed by atoms with E-state index in [0.717, 1.165) is 27.1 Å². The van der Waals surface area contributed by atoms with Gasteiger partial charge in [-0.05, 0) is 50.6 Å². The Hall–Kier alpha value is -2.96. The number of halogens is 1. The number of rotatable bonds is 4. The first-order valence-corrected chi connectivity index (χ1v) is 10.2. The molecule has 1 N–H and O–H groups in total. The second-order valence-electron chi connectivity index (χ2n) is 6.74. The summed E-state index contributed by atoms with van der Waals surface area (Å²) < 4.78 is 5.55. The summed E-state index contributed by atoms with van der Waals surface area (Å²) in [6.07, 6.45) is 0. The van der Waals surface area contributed by atoms with Crippen molar-refractivity contribution in [3.05, 3.63) is 75.1 Å². The highest BCUT2D eigenvalue weighted by molar-refractivity contribution is 7.17. The van der Waals surface area contributed by atoms with E-state index in [1.807, 2.05) is 45.0 Å². The lowest BCUT2D eigenvalue weighted by Gasteiger charge is -2.05. The molecule has 5 nitrogen and oxygen atoms in total. The van der Waals surface area contributed by atoms with Crippen molar-refractivity contribution in [2.24, 2.45) is 0 Å². The van der Waals surface area contributed by atoms with Crippen LogP contribution < -0.4 is 5.32 Å². The Morgan fingerprint density at radius 3 is 2.41 bits per heavy atom. The first-order chi connectivity index (χ1) is 13.9. The van der Waals surface area contributed by atoms with Crippen LogP contribution in [0.4, 0.5) is 5.00 Å². The lowest BCUT2D eigenvalue weighted by Crippen LogP contribution is -2.11. The molecule has 2 heterocycles. The second-order valence-corrected chi connectivity index (χ2v) is 8.40. The van der Waals surface area contributed by atoms with Crippen molar-refractivity contribution in [1.29, 1.82) is 0 Å². The van der Waals surface area contributed by atoms with Gasteiger partial charge in [-0.25, -0.2) is 0 Å². The first-order valence-electron chi connectivity index (χ1n) is 9.00. The van der Waals surface area contributed by atoms with Gasteiger partial charge in [0.1, 0.15) is 5.00 Å². The molecule has 2 aromatic carbocycles. The number of carbonyl (C=O) groups is 1. The molecule has 0 aliphatic rings. The summed E-state index contributed by atoms with van der Waals surface area (Å²) in [5.41, 5.74) is 4.31. The molecule has 0 aliphatic carbocycles. The standard InChI is InChI=1S/C22H18ClN3O2S/c1-12-4-6-15(7-5-12)19-24-21(28-26-19)18-13(2)14(3)29-22(18)25-20(27)16-8-10-17(23)11-9-16/h4-11H,1-3H3,(H,25,27). The van der Waals surface area contributed by atoms with Gasteiger partial charge in [0.15, 0.2) is 0 Å². The van der Waals surface area contributed by atoms with Crippen LogP contribution in [0.25, 0.3) is 22.8 Å². The lowest BCUT2D eigenvalue weighted by molar-refractivity contribution is 0.102. The fraction of sp³-hybridized carbons (Fsp3) is 0.136. The quantitative estimate of drug-likeness (QED) is 0.418. The molecule has 0 radical (unpaired) electrons. The van der Waals surface area contributed by atoms with Gasteiger partial charge in [-0.3, -0.25) is 4.79 Å². The highest BCUT2D eigenvalue weighted by Gasteiger charge is 2.22. The minimum Gasteiger partial charge on any atom is -0.333 e. The van der Waals surface area contributed by atoms with E-state index in [9.17, 15) is 4.79 Å². The van der Waals surface area contributed by atoms with Crippen LogP contribution in [0.5, 0.6) is 0 Å². The maximum absolute atomic E-state index is 12.7. The molecule has 7 heteroatoms. The number of hydrogen-bond acceptors (Lipinski definition) is 5. The van der Waals surface area contributed by atoms with E-state index < -0.39 is 0 Å². The second kappa shape index (κ2) is 7.81. The van der Waals surface area contributed by atoms with Gasteiger partial charge in [0.25, 0.3) is 11.8 Å². The van der Waals surface area contributed by atoms with Crippen molar-refractivity contribution in [2.45, 2.75) is 20.8 Å². The zero-order valence-corrected chi connectivity index (χ0v) is 17.7. The van der Waals surface area contributed by atoms with Crippen molar-refractivity contribution in [2.75, 3.05) is 5.32 Å². The largest absolute Gasteiger partial charge is 0.333 e. The molecule has 1 amide bonds. The topological polar surface area (TPSA) is 68.0 Å². The fourth-order valence-corrected chi connectivity index (χ4v) is 4.07. The predicted molar refractivity (Wildman–Crippen MR) is 117 cm³/mol. The molecule has 29 heavy (non-hydrogen) atoms. The van der Waals surface area contributed by atoms with Gasteiger partial charge in [0, 0.05) is 21.0 Å². The molecule has 0 saturated carbocycles. The monoisotopic (exact) mass is 423 g/mol. The van der Waals surface area contributed by atoms with Gasteiger partial charge in [0.2, 0.25) is 5.82 Å². The maximum Gasteiger partial charge on any atom is 0.261 e. The number of carbonyl (C=O) groups excluding carboxylic acids is 1. The predicted octanol–water partition coefficient (Wildman–Crippen LogP) is 6.30. The van der Waals surface area contributed by atoms with Gasteiger partial charge in [-0.2, -0.15) is 4.98 Å². The maximum atomic E-state index is 12.7. The summed E-state index contributed by atoms with van der Waals surface area (Å²) in [7, 11) is 0. The summed E-state index contributed by atoms with van der Waals surface area (Å²) in [5.74, 6) is 0.675. The third-order valence-electron chi connectivity index (χ3n) is 4.67. The van der Waals surface area contributed by atoms with Crippen LogP contribution in [-0.2, 0) is 0 Å². The molecule has 4 rings (SSSR count). The Morgan fingerprint density at radius 1 is 1.03 bits per heavy atom. The van der Waals surface area contributed by atoms with Crippen LogP contribution in [0.15, 0.2) is 53.1 Å². The van der Waals surface area contributed by atoms with Gasteiger partial charge in [-0.15, -0.1) is 11.3 Å². The number of nitrogens with one attached hydrogen (secondary N) is 1. The third-order valence-corrected chi connectivity index (χ3v) is 6.04. The van der Waals surface area contributed by atoms with Crippen molar-refractivity contribution in [3.8, 4) is 22.8 Å². The van der Waals surface area contributed by atoms with Crippen molar-refractivity contribution in [1.82, 2.24) is 10.1 Å². The Bertz CT molecular complexity index is 1180. The van der Waals surface area contributed by atoms with Crippen LogP contribution in [0.1, 0.15) is 26.4 Å². The summed E-state index contributed by atoms with van der Waals surface area (Å²) in [5, 5.41) is 8.36. The van der Waals surface area contributed by atoms with Crippen molar-refractivity contribution in [3.63, 3.8) is 0 Å². The number of anilines is 1. The molecule has 2 aromatic heterocycles. The molecule has 4 aromatic rings. The summed E-state index contributed by atoms with van der Waals surface area (Å²) in [6, 6.07) is 14.7. The smallest absolute Gasteiger partial charge is 0.261 e. The van der Waals surface area contributed by atoms with E-state index in [1.165, 1.54) is 11.3 Å². The molecule has 0 bridgehead atoms. The van der Waals surface area contributed by atoms with Gasteiger partial charge in [0.05, 0.1) is 5.56 Å². The SMILES string of the molecule is Cc1ccc(-c2noc(-c3c(NC(=O)c4ccc(Cl)cc4)sc(C)c3C)n2)cc1. The summed E-state index contributed by atoms with van der Waals surface area (Å²) >= 11 is 7.39. The highest BCUT2D eigenvalue weighted by Crippen LogP contribution is 2.40. The summed E-state index contributed by atoms with van der Waals surface area (Å²) in [4.78, 5) is 18.3. The van der Waals surface area contributed by atoms with Crippen LogP contribution in [0, 0.1) is 20.8 Å². The van der Waals surface area contributed by atoms with Gasteiger partial charge < -0.3 is 9.84 Å². The van der Waals surface area contributed by atoms with E-state index in [-0.39, 0.29) is 5.91 Å². The Morgan fingerprint density at radius 2 is 1.72 bits per heavy atom. The normalized spacial score (nSPS) is 10.9. The first kappa shape index (κ1) is 19.4. The van der Waals surface area contributed by atoms with Gasteiger partial charge in [-0.1, -0.05) is 46.6 Å². The minimum absolute atomic E-state index is 0.220. The van der Waals surface area contributed by atoms with E-state index in [1.54, 1.807) is 24.3 Å². The number of nitrogens with zero attached hydrogens (tertiary/aromatic N) is 2. The molecular formula is C22H18ClN3O2S. The molecule has 146 valence electrons. The molecule has 0 atom stereocenters. The van der Waals surface area contributed by atoms with Crippen LogP contribution in [-0.4, -0.2) is 16.0 Å². The Balaban J connectivity index is 1.67. The van der Waals surface area contributed by atoms with Crippen LogP contribution in [0.3, 0.4) is 0 Å². The van der Waals surface area contributed by atoms with Crippen LogP contribution in [0.2, 0.25) is 5.02 Å². The van der Waals surface area contributed by atoms with Crippen LogP contribution >= 0.6 is 22.9 Å². The fourth-order valence-electron chi connectivity index (χ4n) is 2.89. The van der Waals surface area contributed by atoms with E-state index in [4.69, 9.17) is 16.1 Å². The molecule has 0 fully saturated rings. The number of amides is 1. The minimum atomic E-state index is -0.220. The number of benzene rings is 2. The van der Waals surface area contributed by atoms with E-state index in [2.05, 4.69) is 15.5 Å². The summed E-state index contributed by atoms with van der Waals surface area (Å²) in [6.45, 7) is 6.01. The highest BCUT2D eigenvalue weighted by atomic mass is 35.5. The van der Waals surface area contributed by atoms with E-state index in [0.29, 0.717) is 27.3 Å². The average molecular weight is 424 g/mol. The molecule has 0 saturated heterocycles.